The maximum Gasteiger partial charge on any atom is 0.451 e. The van der Waals surface area contributed by atoms with Crippen molar-refractivity contribution in [2.24, 2.45) is 0 Å². The predicted octanol–water partition coefficient (Wildman–Crippen LogP) is 3.53. The second kappa shape index (κ2) is 5.63. The Kier molecular flexibility index (Phi) is 3.91. The van der Waals surface area contributed by atoms with Gasteiger partial charge in [-0.2, -0.15) is 13.2 Å². The molecule has 0 radical (unpaired) electrons. The van der Waals surface area contributed by atoms with Gasteiger partial charge in [-0.3, -0.25) is 0 Å². The number of hydrogen-bond acceptors (Lipinski definition) is 5. The largest absolute Gasteiger partial charge is 0.461 e. The fraction of sp³-hybridized carbons (Fsp3) is 0.357. The van der Waals surface area contributed by atoms with Gasteiger partial charge in [-0.05, 0) is 25.1 Å². The minimum atomic E-state index is -4.68. The number of ether oxygens (including phenoxy) is 1. The van der Waals surface area contributed by atoms with Crippen LogP contribution in [0.15, 0.2) is 22.7 Å². The zero-order valence-electron chi connectivity index (χ0n) is 11.8. The molecule has 0 spiro atoms. The number of nitrogens with zero attached hydrogens (tertiary/aromatic N) is 2. The van der Waals surface area contributed by atoms with Crippen molar-refractivity contribution in [3.8, 4) is 0 Å². The van der Waals surface area contributed by atoms with Crippen molar-refractivity contribution in [1.82, 2.24) is 9.97 Å². The molecule has 0 amide bonds. The van der Waals surface area contributed by atoms with Crippen LogP contribution < -0.4 is 5.32 Å². The van der Waals surface area contributed by atoms with Crippen molar-refractivity contribution in [3.63, 3.8) is 0 Å². The first-order chi connectivity index (χ1) is 10.7. The van der Waals surface area contributed by atoms with Crippen molar-refractivity contribution in [3.05, 3.63) is 28.5 Å². The number of fused-ring (bicyclic) bond motifs is 1. The number of benzene rings is 1. The van der Waals surface area contributed by atoms with E-state index in [9.17, 15) is 18.0 Å². The molecule has 0 aliphatic carbocycles. The SMILES string of the molecule is C[C@@H]1C[C@@H](Nc2nc(C(F)(F)F)nc3ccc(Br)cc23)C(=O)O1. The van der Waals surface area contributed by atoms with E-state index in [0.29, 0.717) is 16.3 Å². The van der Waals surface area contributed by atoms with E-state index in [1.807, 2.05) is 0 Å². The lowest BCUT2D eigenvalue weighted by Crippen LogP contribution is -2.26. The van der Waals surface area contributed by atoms with Crippen molar-refractivity contribution in [2.45, 2.75) is 31.7 Å². The molecule has 2 aromatic rings. The highest BCUT2D eigenvalue weighted by Gasteiger charge is 2.37. The highest BCUT2D eigenvalue weighted by Crippen LogP contribution is 2.32. The molecule has 23 heavy (non-hydrogen) atoms. The average Bonchev–Trinajstić information content (AvgIpc) is 2.76. The molecule has 2 atom stereocenters. The standard InChI is InChI=1S/C14H11BrF3N3O2/c1-6-4-10(12(22)23-6)19-11-8-5-7(15)2-3-9(8)20-13(21-11)14(16,17)18/h2-3,5-6,10H,4H2,1H3,(H,19,20,21)/t6-,10-/m1/s1. The van der Waals surface area contributed by atoms with E-state index in [1.165, 1.54) is 6.07 Å². The third-order valence-electron chi connectivity index (χ3n) is 3.39. The van der Waals surface area contributed by atoms with E-state index in [4.69, 9.17) is 4.74 Å². The minimum absolute atomic E-state index is 0.0420. The Morgan fingerprint density at radius 2 is 2.09 bits per heavy atom. The van der Waals surface area contributed by atoms with Crippen LogP contribution >= 0.6 is 15.9 Å². The van der Waals surface area contributed by atoms with Gasteiger partial charge in [0.15, 0.2) is 0 Å². The number of anilines is 1. The summed E-state index contributed by atoms with van der Waals surface area (Å²) in [5.41, 5.74) is 0.137. The third kappa shape index (κ3) is 3.24. The quantitative estimate of drug-likeness (QED) is 0.796. The Bertz CT molecular complexity index is 782. The van der Waals surface area contributed by atoms with Gasteiger partial charge in [0.05, 0.1) is 5.52 Å². The van der Waals surface area contributed by atoms with Crippen LogP contribution in [0.4, 0.5) is 19.0 Å². The Morgan fingerprint density at radius 3 is 2.70 bits per heavy atom. The molecular weight excluding hydrogens is 379 g/mol. The number of cyclic esters (lactones) is 1. The van der Waals surface area contributed by atoms with Gasteiger partial charge in [0.2, 0.25) is 5.82 Å². The van der Waals surface area contributed by atoms with Gasteiger partial charge in [-0.25, -0.2) is 14.8 Å². The Morgan fingerprint density at radius 1 is 1.35 bits per heavy atom. The van der Waals surface area contributed by atoms with Crippen molar-refractivity contribution in [2.75, 3.05) is 5.32 Å². The number of alkyl halides is 3. The summed E-state index contributed by atoms with van der Waals surface area (Å²) in [7, 11) is 0. The van der Waals surface area contributed by atoms with Crippen LogP contribution in [0.1, 0.15) is 19.2 Å². The molecule has 1 aromatic heterocycles. The highest BCUT2D eigenvalue weighted by molar-refractivity contribution is 9.10. The van der Waals surface area contributed by atoms with Crippen LogP contribution in [0.25, 0.3) is 10.9 Å². The summed E-state index contributed by atoms with van der Waals surface area (Å²) >= 11 is 3.26. The summed E-state index contributed by atoms with van der Waals surface area (Å²) in [4.78, 5) is 18.8. The molecule has 1 saturated heterocycles. The summed E-state index contributed by atoms with van der Waals surface area (Å²) in [6.07, 6.45) is -4.61. The average molecular weight is 390 g/mol. The first kappa shape index (κ1) is 16.0. The Labute approximate surface area is 137 Å². The lowest BCUT2D eigenvalue weighted by Gasteiger charge is -2.14. The highest BCUT2D eigenvalue weighted by atomic mass is 79.9. The number of hydrogen-bond donors (Lipinski definition) is 1. The summed E-state index contributed by atoms with van der Waals surface area (Å²) < 4.78 is 44.6. The smallest absolute Gasteiger partial charge is 0.451 e. The number of rotatable bonds is 2. The van der Waals surface area contributed by atoms with Crippen LogP contribution in [-0.2, 0) is 15.7 Å². The van der Waals surface area contributed by atoms with Gasteiger partial charge in [0, 0.05) is 16.3 Å². The normalized spacial score (nSPS) is 21.5. The zero-order valence-corrected chi connectivity index (χ0v) is 13.4. The number of carbonyl (C=O) groups is 1. The summed E-state index contributed by atoms with van der Waals surface area (Å²) in [5, 5.41) is 3.15. The van der Waals surface area contributed by atoms with Crippen LogP contribution in [0.5, 0.6) is 0 Å². The van der Waals surface area contributed by atoms with E-state index >= 15 is 0 Å². The first-order valence-electron chi connectivity index (χ1n) is 6.75. The van der Waals surface area contributed by atoms with Crippen LogP contribution in [0.3, 0.4) is 0 Å². The molecule has 0 saturated carbocycles. The summed E-state index contributed by atoms with van der Waals surface area (Å²) in [6.45, 7) is 1.72. The van der Waals surface area contributed by atoms with Crippen LogP contribution in [-0.4, -0.2) is 28.1 Å². The Hall–Kier alpha value is -1.90. The second-order valence-electron chi connectivity index (χ2n) is 5.24. The van der Waals surface area contributed by atoms with E-state index < -0.39 is 24.0 Å². The summed E-state index contributed by atoms with van der Waals surface area (Å²) in [6, 6.07) is 3.91. The van der Waals surface area contributed by atoms with Crippen molar-refractivity contribution >= 4 is 38.6 Å². The number of carbonyl (C=O) groups excluding carboxylic acids is 1. The fourth-order valence-corrected chi connectivity index (χ4v) is 2.74. The molecule has 5 nitrogen and oxygen atoms in total. The fourth-order valence-electron chi connectivity index (χ4n) is 2.38. The number of aromatic nitrogens is 2. The van der Waals surface area contributed by atoms with Gasteiger partial charge in [-0.15, -0.1) is 0 Å². The summed E-state index contributed by atoms with van der Waals surface area (Å²) in [5.74, 6) is -1.80. The number of nitrogens with one attached hydrogen (secondary N) is 1. The monoisotopic (exact) mass is 389 g/mol. The molecule has 1 aliphatic heterocycles. The van der Waals surface area contributed by atoms with E-state index in [-0.39, 0.29) is 17.4 Å². The molecule has 1 fully saturated rings. The molecule has 0 unspecified atom stereocenters. The van der Waals surface area contributed by atoms with Crippen molar-refractivity contribution in [1.29, 1.82) is 0 Å². The molecule has 2 heterocycles. The van der Waals surface area contributed by atoms with Crippen LogP contribution in [0, 0.1) is 0 Å². The van der Waals surface area contributed by atoms with Gasteiger partial charge in [0.25, 0.3) is 0 Å². The lowest BCUT2D eigenvalue weighted by atomic mass is 10.1. The molecule has 1 aromatic carbocycles. The zero-order chi connectivity index (χ0) is 16.8. The van der Waals surface area contributed by atoms with Gasteiger partial charge in [-0.1, -0.05) is 15.9 Å². The minimum Gasteiger partial charge on any atom is -0.461 e. The molecule has 9 heteroatoms. The van der Waals surface area contributed by atoms with E-state index in [1.54, 1.807) is 19.1 Å². The van der Waals surface area contributed by atoms with E-state index in [2.05, 4.69) is 31.2 Å². The molecule has 1 aliphatic rings. The second-order valence-corrected chi connectivity index (χ2v) is 6.15. The van der Waals surface area contributed by atoms with Gasteiger partial charge < -0.3 is 10.1 Å². The molecule has 0 bridgehead atoms. The first-order valence-corrected chi connectivity index (χ1v) is 7.55. The van der Waals surface area contributed by atoms with Crippen LogP contribution in [0.2, 0.25) is 0 Å². The molecule has 122 valence electrons. The lowest BCUT2D eigenvalue weighted by molar-refractivity contribution is -0.144. The maximum atomic E-state index is 13.0. The number of esters is 1. The molecule has 1 N–H and O–H groups in total. The molecular formula is C14H11BrF3N3O2. The Balaban J connectivity index is 2.09. The van der Waals surface area contributed by atoms with Gasteiger partial charge >= 0.3 is 12.1 Å². The maximum absolute atomic E-state index is 13.0. The van der Waals surface area contributed by atoms with E-state index in [0.717, 1.165) is 0 Å². The third-order valence-corrected chi connectivity index (χ3v) is 3.89. The van der Waals surface area contributed by atoms with Crippen molar-refractivity contribution < 1.29 is 22.7 Å². The topological polar surface area (TPSA) is 64.1 Å². The predicted molar refractivity (Wildman–Crippen MR) is 79.8 cm³/mol. The van der Waals surface area contributed by atoms with Gasteiger partial charge in [0.1, 0.15) is 18.0 Å². The number of halogens is 4. The molecule has 3 rings (SSSR count).